The third-order valence-electron chi connectivity index (χ3n) is 4.07. The molecule has 0 saturated carbocycles. The first-order valence-electron chi connectivity index (χ1n) is 8.40. The highest BCUT2D eigenvalue weighted by molar-refractivity contribution is 5.70. The van der Waals surface area contributed by atoms with Crippen LogP contribution in [0.25, 0.3) is 0 Å². The first-order valence-corrected chi connectivity index (χ1v) is 8.40. The van der Waals surface area contributed by atoms with Crippen LogP contribution in [0, 0.1) is 5.92 Å². The number of nitrogens with zero attached hydrogens (tertiary/aromatic N) is 1. The Bertz CT molecular complexity index is 458. The molecule has 2 heterocycles. The molecule has 6 heteroatoms. The van der Waals surface area contributed by atoms with Gasteiger partial charge in [-0.15, -0.1) is 0 Å². The molecule has 132 valence electrons. The lowest BCUT2D eigenvalue weighted by molar-refractivity contribution is -0.187. The average Bonchev–Trinajstić information content (AvgIpc) is 2.75. The molecule has 1 amide bonds. The van der Waals surface area contributed by atoms with Crippen molar-refractivity contribution in [1.82, 2.24) is 4.90 Å². The number of amides is 1. The fourth-order valence-corrected chi connectivity index (χ4v) is 3.25. The van der Waals surface area contributed by atoms with Crippen LogP contribution in [0.5, 0.6) is 0 Å². The standard InChI is InChI=1S/C17H29NO5/c1-6-8-12-11-22-17(20)10-9-13(21-7-2)18(14(12)17)15(19)23-16(3,4)5/h9-10,12-14,20H,6-8,11H2,1-5H3/t12-,13?,14+,17+/m0/s1. The minimum Gasteiger partial charge on any atom is -0.444 e. The molecule has 2 rings (SSSR count). The zero-order valence-electron chi connectivity index (χ0n) is 14.7. The van der Waals surface area contributed by atoms with Gasteiger partial charge in [0.1, 0.15) is 11.6 Å². The summed E-state index contributed by atoms with van der Waals surface area (Å²) in [4.78, 5) is 14.3. The summed E-state index contributed by atoms with van der Waals surface area (Å²) in [5.41, 5.74) is -0.618. The SMILES string of the molecule is CCC[C@H]1CO[C@]2(O)C=CC(OCC)N(C(=O)OC(C)(C)C)[C@H]12. The van der Waals surface area contributed by atoms with Crippen LogP contribution in [0.15, 0.2) is 12.2 Å². The maximum absolute atomic E-state index is 12.8. The van der Waals surface area contributed by atoms with Crippen molar-refractivity contribution in [2.24, 2.45) is 5.92 Å². The van der Waals surface area contributed by atoms with Crippen LogP contribution in [-0.2, 0) is 14.2 Å². The highest BCUT2D eigenvalue weighted by Gasteiger charge is 2.56. The molecule has 2 aliphatic heterocycles. The maximum atomic E-state index is 12.8. The molecule has 1 unspecified atom stereocenters. The van der Waals surface area contributed by atoms with Crippen molar-refractivity contribution < 1.29 is 24.1 Å². The summed E-state index contributed by atoms with van der Waals surface area (Å²) in [6.07, 6.45) is 4.04. The van der Waals surface area contributed by atoms with Crippen molar-refractivity contribution in [2.75, 3.05) is 13.2 Å². The molecule has 0 spiro atoms. The van der Waals surface area contributed by atoms with Gasteiger partial charge in [-0.2, -0.15) is 0 Å². The fourth-order valence-electron chi connectivity index (χ4n) is 3.25. The van der Waals surface area contributed by atoms with Crippen molar-refractivity contribution >= 4 is 6.09 Å². The first kappa shape index (κ1) is 18.2. The van der Waals surface area contributed by atoms with E-state index in [4.69, 9.17) is 14.2 Å². The van der Waals surface area contributed by atoms with Crippen LogP contribution in [-0.4, -0.2) is 53.0 Å². The summed E-state index contributed by atoms with van der Waals surface area (Å²) in [6, 6.07) is -0.501. The van der Waals surface area contributed by atoms with E-state index in [0.717, 1.165) is 12.8 Å². The van der Waals surface area contributed by atoms with Crippen LogP contribution >= 0.6 is 0 Å². The Hall–Kier alpha value is -1.11. The molecule has 0 aliphatic carbocycles. The second kappa shape index (κ2) is 6.79. The lowest BCUT2D eigenvalue weighted by Gasteiger charge is -2.44. The Morgan fingerprint density at radius 1 is 1.43 bits per heavy atom. The number of ether oxygens (including phenoxy) is 3. The summed E-state index contributed by atoms with van der Waals surface area (Å²) >= 11 is 0. The molecule has 0 bridgehead atoms. The van der Waals surface area contributed by atoms with E-state index in [0.29, 0.717) is 13.2 Å². The predicted octanol–water partition coefficient (Wildman–Crippen LogP) is 2.66. The summed E-state index contributed by atoms with van der Waals surface area (Å²) in [5.74, 6) is -1.42. The molecule has 4 atom stereocenters. The first-order chi connectivity index (χ1) is 10.7. The Kier molecular flexibility index (Phi) is 5.38. The van der Waals surface area contributed by atoms with E-state index in [1.807, 2.05) is 27.7 Å². The third-order valence-corrected chi connectivity index (χ3v) is 4.07. The van der Waals surface area contributed by atoms with Gasteiger partial charge in [0.2, 0.25) is 5.79 Å². The van der Waals surface area contributed by atoms with E-state index in [9.17, 15) is 9.90 Å². The van der Waals surface area contributed by atoms with E-state index in [1.165, 1.54) is 4.90 Å². The topological polar surface area (TPSA) is 68.2 Å². The predicted molar refractivity (Wildman–Crippen MR) is 85.7 cm³/mol. The number of hydrogen-bond acceptors (Lipinski definition) is 5. The van der Waals surface area contributed by atoms with Crippen LogP contribution in [0.1, 0.15) is 47.5 Å². The van der Waals surface area contributed by atoms with Gasteiger partial charge in [0.25, 0.3) is 0 Å². The lowest BCUT2D eigenvalue weighted by atomic mass is 9.88. The molecule has 0 aromatic carbocycles. The zero-order chi connectivity index (χ0) is 17.3. The van der Waals surface area contributed by atoms with Gasteiger partial charge in [0.05, 0.1) is 6.61 Å². The molecule has 1 fully saturated rings. The Labute approximate surface area is 138 Å². The minimum atomic E-state index is -1.47. The van der Waals surface area contributed by atoms with E-state index in [-0.39, 0.29) is 5.92 Å². The van der Waals surface area contributed by atoms with Gasteiger partial charge in [-0.3, -0.25) is 4.90 Å². The van der Waals surface area contributed by atoms with Crippen molar-refractivity contribution in [2.45, 2.75) is 71.1 Å². The quantitative estimate of drug-likeness (QED) is 0.804. The van der Waals surface area contributed by atoms with Crippen molar-refractivity contribution in [3.05, 3.63) is 12.2 Å². The summed E-state index contributed by atoms with van der Waals surface area (Å²) < 4.78 is 16.8. The Morgan fingerprint density at radius 2 is 2.13 bits per heavy atom. The van der Waals surface area contributed by atoms with Crippen LogP contribution in [0.3, 0.4) is 0 Å². The van der Waals surface area contributed by atoms with E-state index < -0.39 is 29.8 Å². The number of rotatable bonds is 4. The minimum absolute atomic E-state index is 0.0467. The highest BCUT2D eigenvalue weighted by atomic mass is 16.6. The summed E-state index contributed by atoms with van der Waals surface area (Å²) in [5, 5.41) is 10.8. The van der Waals surface area contributed by atoms with Gasteiger partial charge in [-0.05, 0) is 46.3 Å². The van der Waals surface area contributed by atoms with E-state index >= 15 is 0 Å². The second-order valence-electron chi connectivity index (χ2n) is 7.15. The Morgan fingerprint density at radius 3 is 2.70 bits per heavy atom. The van der Waals surface area contributed by atoms with Gasteiger partial charge in [-0.1, -0.05) is 13.3 Å². The molecule has 23 heavy (non-hydrogen) atoms. The molecule has 0 aromatic heterocycles. The molecule has 1 saturated heterocycles. The number of carbonyl (C=O) groups is 1. The van der Waals surface area contributed by atoms with Gasteiger partial charge >= 0.3 is 6.09 Å². The van der Waals surface area contributed by atoms with Gasteiger partial charge in [0, 0.05) is 12.5 Å². The molecule has 0 aromatic rings. The number of carbonyl (C=O) groups excluding carboxylic acids is 1. The molecule has 1 N–H and O–H groups in total. The Balaban J connectivity index is 2.34. The van der Waals surface area contributed by atoms with Crippen LogP contribution in [0.2, 0.25) is 0 Å². The second-order valence-corrected chi connectivity index (χ2v) is 7.15. The maximum Gasteiger partial charge on any atom is 0.413 e. The fraction of sp³-hybridized carbons (Fsp3) is 0.824. The molecule has 6 nitrogen and oxygen atoms in total. The van der Waals surface area contributed by atoms with Crippen LogP contribution in [0.4, 0.5) is 4.79 Å². The van der Waals surface area contributed by atoms with E-state index in [2.05, 4.69) is 6.92 Å². The number of aliphatic hydroxyl groups is 1. The van der Waals surface area contributed by atoms with Crippen molar-refractivity contribution in [3.8, 4) is 0 Å². The highest BCUT2D eigenvalue weighted by Crippen LogP contribution is 2.40. The number of hydrogen-bond donors (Lipinski definition) is 1. The smallest absolute Gasteiger partial charge is 0.413 e. The van der Waals surface area contributed by atoms with Gasteiger partial charge in [0.15, 0.2) is 6.23 Å². The molecular weight excluding hydrogens is 298 g/mol. The summed E-state index contributed by atoms with van der Waals surface area (Å²) in [6.45, 7) is 10.3. The van der Waals surface area contributed by atoms with Crippen molar-refractivity contribution in [1.29, 1.82) is 0 Å². The third kappa shape index (κ3) is 3.87. The van der Waals surface area contributed by atoms with Crippen LogP contribution < -0.4 is 0 Å². The lowest BCUT2D eigenvalue weighted by Crippen LogP contribution is -2.61. The average molecular weight is 327 g/mol. The zero-order valence-corrected chi connectivity index (χ0v) is 14.7. The number of fused-ring (bicyclic) bond motifs is 1. The van der Waals surface area contributed by atoms with E-state index in [1.54, 1.807) is 12.2 Å². The largest absolute Gasteiger partial charge is 0.444 e. The normalized spacial score (nSPS) is 33.7. The molecule has 2 aliphatic rings. The van der Waals surface area contributed by atoms with Gasteiger partial charge in [-0.25, -0.2) is 4.79 Å². The monoisotopic (exact) mass is 327 g/mol. The molecular formula is C17H29NO5. The van der Waals surface area contributed by atoms with Gasteiger partial charge < -0.3 is 19.3 Å². The van der Waals surface area contributed by atoms with Crippen molar-refractivity contribution in [3.63, 3.8) is 0 Å². The molecule has 0 radical (unpaired) electrons. The summed E-state index contributed by atoms with van der Waals surface area (Å²) in [7, 11) is 0.